The summed E-state index contributed by atoms with van der Waals surface area (Å²) < 4.78 is 20.7. The van der Waals surface area contributed by atoms with Crippen LogP contribution in [0.2, 0.25) is 0 Å². The fraction of sp³-hybridized carbons (Fsp3) is 0.500. The van der Waals surface area contributed by atoms with E-state index in [1.54, 1.807) is 0 Å². The van der Waals surface area contributed by atoms with Crippen LogP contribution in [0, 0.1) is 0 Å². The van der Waals surface area contributed by atoms with Crippen LogP contribution in [0.15, 0.2) is 12.7 Å². The number of aliphatic hydroxyl groups is 1. The van der Waals surface area contributed by atoms with Crippen LogP contribution in [-0.4, -0.2) is 48.9 Å². The number of hydrogen-bond donors (Lipinski definition) is 2. The lowest BCUT2D eigenvalue weighted by molar-refractivity contribution is -0.0319. The van der Waals surface area contributed by atoms with Gasteiger partial charge in [-0.1, -0.05) is 0 Å². The molecule has 0 radical (unpaired) electrons. The first kappa shape index (κ1) is 12.5. The van der Waals surface area contributed by atoms with Gasteiger partial charge in [-0.2, -0.15) is 0 Å². The normalized spacial score (nSPS) is 31.1. The molecule has 1 fully saturated rings. The van der Waals surface area contributed by atoms with Crippen LogP contribution in [0.4, 0.5) is 10.2 Å². The number of anilines is 1. The van der Waals surface area contributed by atoms with Gasteiger partial charge in [-0.15, -0.1) is 11.6 Å². The van der Waals surface area contributed by atoms with Gasteiger partial charge >= 0.3 is 0 Å². The summed E-state index contributed by atoms with van der Waals surface area (Å²) in [5, 5.41) is 8.09. The summed E-state index contributed by atoms with van der Waals surface area (Å²) in [7, 11) is 0. The lowest BCUT2D eigenvalue weighted by Gasteiger charge is -2.15. The quantitative estimate of drug-likeness (QED) is 0.768. The first-order valence-electron chi connectivity index (χ1n) is 5.61. The number of nitrogens with two attached hydrogens (primary N) is 1. The van der Waals surface area contributed by atoms with E-state index in [1.807, 2.05) is 0 Å². The van der Waals surface area contributed by atoms with Crippen molar-refractivity contribution in [2.75, 3.05) is 12.3 Å². The first-order chi connectivity index (χ1) is 9.13. The summed E-state index contributed by atoms with van der Waals surface area (Å²) in [6, 6.07) is 0. The van der Waals surface area contributed by atoms with Gasteiger partial charge in [0.25, 0.3) is 0 Å². The van der Waals surface area contributed by atoms with Gasteiger partial charge < -0.3 is 15.6 Å². The van der Waals surface area contributed by atoms with Crippen molar-refractivity contribution in [3.63, 3.8) is 0 Å². The third-order valence-corrected chi connectivity index (χ3v) is 3.54. The van der Waals surface area contributed by atoms with Crippen LogP contribution < -0.4 is 5.73 Å². The van der Waals surface area contributed by atoms with Crippen molar-refractivity contribution in [1.82, 2.24) is 19.5 Å². The zero-order valence-corrected chi connectivity index (χ0v) is 10.4. The minimum atomic E-state index is -1.46. The molecule has 0 aromatic carbocycles. The molecule has 3 rings (SSSR count). The molecule has 2 aromatic rings. The van der Waals surface area contributed by atoms with Gasteiger partial charge in [0.1, 0.15) is 29.5 Å². The lowest BCUT2D eigenvalue weighted by atomic mass is 10.2. The van der Waals surface area contributed by atoms with Crippen LogP contribution in [0.3, 0.4) is 0 Å². The molecule has 19 heavy (non-hydrogen) atoms. The van der Waals surface area contributed by atoms with Crippen LogP contribution >= 0.6 is 11.6 Å². The molecule has 1 aliphatic rings. The van der Waals surface area contributed by atoms with E-state index >= 15 is 0 Å². The number of nitrogens with zero attached hydrogens (tertiary/aromatic N) is 4. The van der Waals surface area contributed by atoms with E-state index in [0.717, 1.165) is 0 Å². The molecule has 0 bridgehead atoms. The Labute approximate surface area is 112 Å². The van der Waals surface area contributed by atoms with E-state index in [4.69, 9.17) is 27.2 Å². The molecule has 0 saturated carbocycles. The molecule has 3 N–H and O–H groups in total. The van der Waals surface area contributed by atoms with E-state index in [2.05, 4.69) is 15.0 Å². The molecular formula is C10H11ClFN5O2. The molecule has 2 aromatic heterocycles. The monoisotopic (exact) mass is 287 g/mol. The maximum atomic E-state index is 13.8. The molecule has 3 heterocycles. The first-order valence-corrected chi connectivity index (χ1v) is 6.04. The number of rotatable bonds is 2. The fourth-order valence-corrected chi connectivity index (χ4v) is 2.45. The predicted molar refractivity (Wildman–Crippen MR) is 65.3 cm³/mol. The van der Waals surface area contributed by atoms with E-state index in [0.29, 0.717) is 11.2 Å². The Hall–Kier alpha value is -1.51. The van der Waals surface area contributed by atoms with Gasteiger partial charge in [-0.05, 0) is 0 Å². The van der Waals surface area contributed by atoms with Crippen molar-refractivity contribution in [1.29, 1.82) is 0 Å². The van der Waals surface area contributed by atoms with Crippen LogP contribution in [0.25, 0.3) is 11.2 Å². The average molecular weight is 288 g/mol. The Kier molecular flexibility index (Phi) is 3.00. The highest BCUT2D eigenvalue weighted by atomic mass is 35.5. The molecule has 0 unspecified atom stereocenters. The van der Waals surface area contributed by atoms with E-state index < -0.39 is 30.5 Å². The van der Waals surface area contributed by atoms with Gasteiger partial charge in [-0.3, -0.25) is 4.57 Å². The van der Waals surface area contributed by atoms with Crippen molar-refractivity contribution in [3.05, 3.63) is 12.7 Å². The summed E-state index contributed by atoms with van der Waals surface area (Å²) in [5.74, 6) is 0.225. The van der Waals surface area contributed by atoms with Crippen LogP contribution in [0.1, 0.15) is 6.23 Å². The maximum Gasteiger partial charge on any atom is 0.167 e. The molecule has 102 valence electrons. The van der Waals surface area contributed by atoms with Gasteiger partial charge in [0.15, 0.2) is 17.7 Å². The molecule has 0 spiro atoms. The average Bonchev–Trinajstić information content (AvgIpc) is 2.94. The fourth-order valence-electron chi connectivity index (χ4n) is 2.11. The summed E-state index contributed by atoms with van der Waals surface area (Å²) in [5.41, 5.74) is 6.48. The molecule has 7 nitrogen and oxygen atoms in total. The lowest BCUT2D eigenvalue weighted by Crippen LogP contribution is -2.25. The third kappa shape index (κ3) is 1.83. The number of aromatic nitrogens is 4. The van der Waals surface area contributed by atoms with Crippen molar-refractivity contribution < 1.29 is 14.2 Å². The number of alkyl halides is 2. The van der Waals surface area contributed by atoms with E-state index in [9.17, 15) is 4.39 Å². The molecule has 0 amide bonds. The van der Waals surface area contributed by atoms with Crippen molar-refractivity contribution >= 4 is 28.6 Å². The summed E-state index contributed by atoms with van der Waals surface area (Å²) in [4.78, 5) is 11.9. The molecular weight excluding hydrogens is 277 g/mol. The molecule has 1 aliphatic heterocycles. The van der Waals surface area contributed by atoms with Crippen LogP contribution in [-0.2, 0) is 4.74 Å². The molecule has 1 saturated heterocycles. The Balaban J connectivity index is 2.04. The number of halogens is 2. The molecule has 0 aliphatic carbocycles. The highest BCUT2D eigenvalue weighted by Crippen LogP contribution is 2.36. The minimum absolute atomic E-state index is 0.225. The maximum absolute atomic E-state index is 13.8. The predicted octanol–water partition coefficient (Wildman–Crippen LogP) is 0.244. The van der Waals surface area contributed by atoms with Gasteiger partial charge in [-0.25, -0.2) is 19.3 Å². The number of ether oxygens (including phenoxy) is 1. The Morgan fingerprint density at radius 1 is 1.47 bits per heavy atom. The van der Waals surface area contributed by atoms with Gasteiger partial charge in [0.2, 0.25) is 0 Å². The summed E-state index contributed by atoms with van der Waals surface area (Å²) in [6.45, 7) is -0.440. The third-order valence-electron chi connectivity index (χ3n) is 3.09. The van der Waals surface area contributed by atoms with Crippen LogP contribution in [0.5, 0.6) is 0 Å². The molecule has 4 atom stereocenters. The molecule has 9 heteroatoms. The van der Waals surface area contributed by atoms with E-state index in [1.165, 1.54) is 17.2 Å². The standard InChI is InChI=1S/C10H11ClFN5O2/c11-5-6(12)4(1-18)19-10(5)17-3-16-7-8(13)14-2-15-9(7)17/h2-6,10,18H,1H2,(H2,13,14,15)/t4-,5-,6-,10+/m1/s1. The SMILES string of the molecule is Nc1ncnc2c1ncn2[C@H]1O[C@H](CO)[C@@H](F)[C@H]1Cl. The van der Waals surface area contributed by atoms with Gasteiger partial charge in [0.05, 0.1) is 12.9 Å². The number of imidazole rings is 1. The van der Waals surface area contributed by atoms with Crippen molar-refractivity contribution in [3.8, 4) is 0 Å². The minimum Gasteiger partial charge on any atom is -0.394 e. The second kappa shape index (κ2) is 4.55. The van der Waals surface area contributed by atoms with Crippen molar-refractivity contribution in [2.24, 2.45) is 0 Å². The Bertz CT molecular complexity index is 609. The second-order valence-corrected chi connectivity index (χ2v) is 4.72. The zero-order chi connectivity index (χ0) is 13.6. The number of nitrogen functional groups attached to an aromatic ring is 1. The smallest absolute Gasteiger partial charge is 0.167 e. The number of hydrogen-bond acceptors (Lipinski definition) is 6. The Morgan fingerprint density at radius 3 is 2.95 bits per heavy atom. The van der Waals surface area contributed by atoms with Crippen molar-refractivity contribution in [2.45, 2.75) is 23.9 Å². The number of aliphatic hydroxyl groups excluding tert-OH is 1. The Morgan fingerprint density at radius 2 is 2.26 bits per heavy atom. The largest absolute Gasteiger partial charge is 0.394 e. The van der Waals surface area contributed by atoms with Gasteiger partial charge in [0, 0.05) is 0 Å². The van der Waals surface area contributed by atoms with E-state index in [-0.39, 0.29) is 5.82 Å². The number of fused-ring (bicyclic) bond motifs is 1. The summed E-state index contributed by atoms with van der Waals surface area (Å²) >= 11 is 6.00. The summed E-state index contributed by atoms with van der Waals surface area (Å²) in [6.07, 6.45) is -0.516. The topological polar surface area (TPSA) is 99.1 Å². The zero-order valence-electron chi connectivity index (χ0n) is 9.65. The second-order valence-electron chi connectivity index (χ2n) is 4.22. The highest BCUT2D eigenvalue weighted by molar-refractivity contribution is 6.21. The highest BCUT2D eigenvalue weighted by Gasteiger charge is 2.45.